The van der Waals surface area contributed by atoms with Crippen LogP contribution in [0.2, 0.25) is 0 Å². The number of hydrogen-bond donors (Lipinski definition) is 3. The fraction of sp³-hybridized carbons (Fsp3) is 0.435. The molecule has 6 bridgehead atoms. The molecule has 0 atom stereocenters. The highest BCUT2D eigenvalue weighted by Crippen LogP contribution is 2.17. The molecular formula is C23H30ClN3O. The Kier molecular flexibility index (Phi) is 7.21. The second-order valence-electron chi connectivity index (χ2n) is 7.62. The Balaban J connectivity index is 0.00000225. The summed E-state index contributed by atoms with van der Waals surface area (Å²) in [6, 6.07) is 8.73. The third-order valence-electron chi connectivity index (χ3n) is 5.53. The van der Waals surface area contributed by atoms with Gasteiger partial charge < -0.3 is 27.1 Å². The van der Waals surface area contributed by atoms with E-state index in [1.54, 1.807) is 7.11 Å². The first-order valence-electron chi connectivity index (χ1n) is 10.3. The van der Waals surface area contributed by atoms with Gasteiger partial charge >= 0.3 is 0 Å². The number of fused-ring (bicyclic) bond motifs is 6. The summed E-state index contributed by atoms with van der Waals surface area (Å²) in [5, 5.41) is 0. The molecule has 2 aliphatic heterocycles. The van der Waals surface area contributed by atoms with Gasteiger partial charge in [0.25, 0.3) is 0 Å². The molecule has 150 valence electrons. The Bertz CT molecular complexity index is 872. The number of hydrogen-bond acceptors (Lipinski definition) is 1. The zero-order valence-corrected chi connectivity index (χ0v) is 17.4. The van der Waals surface area contributed by atoms with Gasteiger partial charge in [0.1, 0.15) is 5.69 Å². The highest BCUT2D eigenvalue weighted by atomic mass is 35.5. The number of halogens is 1. The van der Waals surface area contributed by atoms with Crippen LogP contribution < -0.4 is 17.4 Å². The Labute approximate surface area is 173 Å². The molecule has 4 rings (SSSR count). The third kappa shape index (κ3) is 4.99. The SMILES string of the molecule is COC1=CC2=[NH+]/C1=C\c1ccc([nH]1)CCCCCCCCCc1ccc2[nH]1.[Cl-]. The first kappa shape index (κ1) is 20.5. The maximum Gasteiger partial charge on any atom is 0.248 e. The molecule has 2 aromatic heterocycles. The summed E-state index contributed by atoms with van der Waals surface area (Å²) in [7, 11) is 1.73. The van der Waals surface area contributed by atoms with Crippen molar-refractivity contribution in [2.75, 3.05) is 7.11 Å². The van der Waals surface area contributed by atoms with Gasteiger partial charge in [-0.15, -0.1) is 0 Å². The summed E-state index contributed by atoms with van der Waals surface area (Å²) < 4.78 is 5.59. The number of ether oxygens (including phenoxy) is 1. The van der Waals surface area contributed by atoms with E-state index in [0.29, 0.717) is 0 Å². The van der Waals surface area contributed by atoms with Crippen molar-refractivity contribution in [3.8, 4) is 0 Å². The molecule has 5 heteroatoms. The topological polar surface area (TPSA) is 54.8 Å². The molecule has 4 nitrogen and oxygen atoms in total. The summed E-state index contributed by atoms with van der Waals surface area (Å²) in [6.07, 6.45) is 15.7. The lowest BCUT2D eigenvalue weighted by Gasteiger charge is -2.02. The molecule has 0 amide bonds. The summed E-state index contributed by atoms with van der Waals surface area (Å²) in [4.78, 5) is 10.6. The molecule has 0 spiro atoms. The van der Waals surface area contributed by atoms with Crippen LogP contribution in [0.5, 0.6) is 0 Å². The Morgan fingerprint density at radius 3 is 2.14 bits per heavy atom. The first-order valence-corrected chi connectivity index (χ1v) is 10.3. The van der Waals surface area contributed by atoms with Crippen LogP contribution in [-0.2, 0) is 17.6 Å². The van der Waals surface area contributed by atoms with Crippen LogP contribution >= 0.6 is 0 Å². The Hall–Kier alpha value is -2.20. The van der Waals surface area contributed by atoms with Crippen molar-refractivity contribution in [3.63, 3.8) is 0 Å². The molecule has 0 unspecified atom stereocenters. The van der Waals surface area contributed by atoms with Gasteiger partial charge in [0.05, 0.1) is 13.2 Å². The average molecular weight is 400 g/mol. The van der Waals surface area contributed by atoms with Crippen molar-refractivity contribution in [1.29, 1.82) is 0 Å². The van der Waals surface area contributed by atoms with E-state index >= 15 is 0 Å². The largest absolute Gasteiger partial charge is 1.00 e. The van der Waals surface area contributed by atoms with E-state index in [-0.39, 0.29) is 12.4 Å². The summed E-state index contributed by atoms with van der Waals surface area (Å²) in [6.45, 7) is 0. The maximum atomic E-state index is 5.59. The van der Waals surface area contributed by atoms with E-state index in [1.807, 2.05) is 0 Å². The van der Waals surface area contributed by atoms with E-state index in [1.165, 1.54) is 56.3 Å². The first-order chi connectivity index (χ1) is 13.3. The molecule has 0 radical (unpaired) electrons. The predicted octanol–water partition coefficient (Wildman–Crippen LogP) is 0.631. The van der Waals surface area contributed by atoms with E-state index in [4.69, 9.17) is 4.74 Å². The van der Waals surface area contributed by atoms with Gasteiger partial charge in [-0.05, 0) is 49.9 Å². The van der Waals surface area contributed by atoms with Crippen molar-refractivity contribution < 1.29 is 22.1 Å². The van der Waals surface area contributed by atoms with Crippen LogP contribution in [-0.4, -0.2) is 22.8 Å². The monoisotopic (exact) mass is 399 g/mol. The molecular weight excluding hydrogens is 370 g/mol. The standard InChI is InChI=1S/C23H29N3O.ClH/c1-27-23-16-21-20-14-13-18(25-20)10-8-6-4-2-3-5-7-9-17-11-12-19(24-17)15-22(23)26-21;/h11-16,24-25H,2-10H2,1H3;1H/b22-15-;. The minimum atomic E-state index is 0. The number of rotatable bonds is 1. The lowest BCUT2D eigenvalue weighted by molar-refractivity contribution is -0.388. The highest BCUT2D eigenvalue weighted by Gasteiger charge is 2.25. The van der Waals surface area contributed by atoms with Crippen molar-refractivity contribution in [1.82, 2.24) is 9.97 Å². The number of aromatic amines is 2. The summed E-state index contributed by atoms with van der Waals surface area (Å²) in [5.74, 6) is 0.867. The van der Waals surface area contributed by atoms with Crippen LogP contribution in [0.3, 0.4) is 0 Å². The fourth-order valence-electron chi connectivity index (χ4n) is 3.98. The third-order valence-corrected chi connectivity index (χ3v) is 5.53. The van der Waals surface area contributed by atoms with Crippen molar-refractivity contribution in [3.05, 3.63) is 64.6 Å². The van der Waals surface area contributed by atoms with Gasteiger partial charge in [-0.3, -0.25) is 0 Å². The zero-order valence-electron chi connectivity index (χ0n) is 16.6. The van der Waals surface area contributed by atoms with E-state index in [9.17, 15) is 0 Å². The van der Waals surface area contributed by atoms with Crippen molar-refractivity contribution in [2.24, 2.45) is 0 Å². The molecule has 0 aliphatic carbocycles. The van der Waals surface area contributed by atoms with Gasteiger partial charge in [0, 0.05) is 23.2 Å². The zero-order chi connectivity index (χ0) is 18.5. The number of nitrogens with one attached hydrogen (secondary N) is 3. The highest BCUT2D eigenvalue weighted by molar-refractivity contribution is 6.05. The smallest absolute Gasteiger partial charge is 0.248 e. The van der Waals surface area contributed by atoms with E-state index < -0.39 is 0 Å². The van der Waals surface area contributed by atoms with Gasteiger partial charge in [-0.1, -0.05) is 32.1 Å². The maximum absolute atomic E-state index is 5.59. The minimum Gasteiger partial charge on any atom is -1.00 e. The second-order valence-corrected chi connectivity index (χ2v) is 7.62. The lowest BCUT2D eigenvalue weighted by Crippen LogP contribution is -3.00. The molecule has 2 aromatic rings. The molecule has 0 fully saturated rings. The van der Waals surface area contributed by atoms with Crippen molar-refractivity contribution in [2.45, 2.75) is 57.8 Å². The normalized spacial score (nSPS) is 19.8. The van der Waals surface area contributed by atoms with Gasteiger partial charge in [-0.25, -0.2) is 4.99 Å². The van der Waals surface area contributed by atoms with E-state index in [2.05, 4.69) is 51.4 Å². The molecule has 28 heavy (non-hydrogen) atoms. The second kappa shape index (κ2) is 9.83. The molecule has 4 heterocycles. The number of methoxy groups -OCH3 is 1. The molecule has 0 aromatic carbocycles. The summed E-state index contributed by atoms with van der Waals surface area (Å²) in [5.41, 5.74) is 6.92. The lowest BCUT2D eigenvalue weighted by atomic mass is 10.1. The molecule has 0 saturated heterocycles. The quantitative estimate of drug-likeness (QED) is 0.647. The molecule has 3 N–H and O–H groups in total. The number of allylic oxidation sites excluding steroid dienone is 1. The average Bonchev–Trinajstić information content (AvgIpc) is 3.39. The van der Waals surface area contributed by atoms with Gasteiger partial charge in [0.2, 0.25) is 11.4 Å². The number of H-pyrrole nitrogens is 2. The van der Waals surface area contributed by atoms with Crippen LogP contribution in [0.15, 0.2) is 41.8 Å². The Morgan fingerprint density at radius 1 is 0.786 bits per heavy atom. The number of aromatic nitrogens is 2. The molecule has 0 saturated carbocycles. The summed E-state index contributed by atoms with van der Waals surface area (Å²) >= 11 is 0. The van der Waals surface area contributed by atoms with Crippen LogP contribution in [0.1, 0.15) is 67.7 Å². The van der Waals surface area contributed by atoms with Crippen LogP contribution in [0.4, 0.5) is 0 Å². The van der Waals surface area contributed by atoms with Crippen molar-refractivity contribution >= 4 is 11.8 Å². The Morgan fingerprint density at radius 2 is 1.43 bits per heavy atom. The van der Waals surface area contributed by atoms with Crippen LogP contribution in [0, 0.1) is 0 Å². The predicted molar refractivity (Wildman–Crippen MR) is 109 cm³/mol. The van der Waals surface area contributed by atoms with Gasteiger partial charge in [-0.2, -0.15) is 0 Å². The number of aryl methyl sites for hydroxylation is 2. The minimum absolute atomic E-state index is 0. The van der Waals surface area contributed by atoms with E-state index in [0.717, 1.165) is 41.4 Å². The van der Waals surface area contributed by atoms with Crippen LogP contribution in [0.25, 0.3) is 6.08 Å². The molecule has 2 aliphatic rings. The van der Waals surface area contributed by atoms with Gasteiger partial charge in [0.15, 0.2) is 5.76 Å². The fourth-order valence-corrected chi connectivity index (χ4v) is 3.98.